The summed E-state index contributed by atoms with van der Waals surface area (Å²) in [6.07, 6.45) is 0. The first kappa shape index (κ1) is 14.9. The molecule has 2 aromatic rings. The van der Waals surface area contributed by atoms with Crippen molar-refractivity contribution < 1.29 is 8.42 Å². The molecule has 0 unspecified atom stereocenters. The standard InChI is InChI=1S/C14H8ClN3O2S/c15-14-7-12(5-4-11(14)9-17)18-21(19,20)13-3-1-2-10(6-13)8-16/h1-7,18H. The van der Waals surface area contributed by atoms with Gasteiger partial charge >= 0.3 is 0 Å². The van der Waals surface area contributed by atoms with Crippen LogP contribution in [0.15, 0.2) is 47.4 Å². The molecule has 2 aromatic carbocycles. The highest BCUT2D eigenvalue weighted by Gasteiger charge is 2.15. The molecule has 0 aliphatic rings. The van der Waals surface area contributed by atoms with Crippen LogP contribution in [0.25, 0.3) is 0 Å². The topological polar surface area (TPSA) is 93.8 Å². The van der Waals surface area contributed by atoms with E-state index in [-0.39, 0.29) is 26.7 Å². The number of nitrogens with one attached hydrogen (secondary N) is 1. The van der Waals surface area contributed by atoms with E-state index in [9.17, 15) is 8.42 Å². The van der Waals surface area contributed by atoms with Gasteiger partial charge < -0.3 is 0 Å². The number of hydrogen-bond acceptors (Lipinski definition) is 4. The van der Waals surface area contributed by atoms with Gasteiger partial charge in [0.25, 0.3) is 10.0 Å². The fraction of sp³-hybridized carbons (Fsp3) is 0. The van der Waals surface area contributed by atoms with Crippen molar-refractivity contribution in [3.05, 3.63) is 58.6 Å². The van der Waals surface area contributed by atoms with Gasteiger partial charge in [0.15, 0.2) is 0 Å². The molecule has 1 N–H and O–H groups in total. The number of nitriles is 2. The van der Waals surface area contributed by atoms with Crippen LogP contribution in [0.4, 0.5) is 5.69 Å². The van der Waals surface area contributed by atoms with Crippen molar-refractivity contribution in [1.29, 1.82) is 10.5 Å². The summed E-state index contributed by atoms with van der Waals surface area (Å²) >= 11 is 5.85. The minimum Gasteiger partial charge on any atom is -0.280 e. The van der Waals surface area contributed by atoms with E-state index in [4.69, 9.17) is 22.1 Å². The van der Waals surface area contributed by atoms with E-state index in [1.54, 1.807) is 0 Å². The van der Waals surface area contributed by atoms with Crippen molar-refractivity contribution in [2.24, 2.45) is 0 Å². The third-order valence-corrected chi connectivity index (χ3v) is 4.31. The van der Waals surface area contributed by atoms with Gasteiger partial charge in [-0.25, -0.2) is 8.42 Å². The lowest BCUT2D eigenvalue weighted by atomic mass is 10.2. The van der Waals surface area contributed by atoms with Crippen molar-refractivity contribution in [1.82, 2.24) is 0 Å². The van der Waals surface area contributed by atoms with E-state index in [0.29, 0.717) is 0 Å². The summed E-state index contributed by atoms with van der Waals surface area (Å²) in [5, 5.41) is 17.7. The van der Waals surface area contributed by atoms with Gasteiger partial charge in [-0.3, -0.25) is 4.72 Å². The Balaban J connectivity index is 2.36. The van der Waals surface area contributed by atoms with Gasteiger partial charge in [0.05, 0.1) is 32.8 Å². The summed E-state index contributed by atoms with van der Waals surface area (Å²) in [5.41, 5.74) is 0.739. The monoisotopic (exact) mass is 317 g/mol. The Labute approximate surface area is 127 Å². The predicted octanol–water partition coefficient (Wildman–Crippen LogP) is 2.88. The lowest BCUT2D eigenvalue weighted by Gasteiger charge is -2.09. The number of halogens is 1. The summed E-state index contributed by atoms with van der Waals surface area (Å²) in [6, 6.07) is 13.6. The molecule has 0 aliphatic heterocycles. The Kier molecular flexibility index (Phi) is 4.13. The molecule has 5 nitrogen and oxygen atoms in total. The van der Waals surface area contributed by atoms with Crippen LogP contribution in [-0.4, -0.2) is 8.42 Å². The molecule has 0 spiro atoms. The van der Waals surface area contributed by atoms with Crippen molar-refractivity contribution in [2.75, 3.05) is 4.72 Å². The maximum atomic E-state index is 12.2. The number of anilines is 1. The van der Waals surface area contributed by atoms with Crippen LogP contribution in [-0.2, 0) is 10.0 Å². The van der Waals surface area contributed by atoms with E-state index in [2.05, 4.69) is 4.72 Å². The zero-order valence-electron chi connectivity index (χ0n) is 10.5. The van der Waals surface area contributed by atoms with Crippen molar-refractivity contribution in [3.8, 4) is 12.1 Å². The molecule has 104 valence electrons. The zero-order chi connectivity index (χ0) is 15.5. The second-order valence-electron chi connectivity index (χ2n) is 4.05. The second-order valence-corrected chi connectivity index (χ2v) is 6.14. The number of nitrogens with zero attached hydrogens (tertiary/aromatic N) is 2. The van der Waals surface area contributed by atoms with E-state index in [1.807, 2.05) is 12.1 Å². The highest BCUT2D eigenvalue weighted by atomic mass is 35.5. The second kappa shape index (κ2) is 5.84. The van der Waals surface area contributed by atoms with Gasteiger partial charge in [-0.1, -0.05) is 17.7 Å². The normalized spacial score (nSPS) is 10.4. The first-order valence-electron chi connectivity index (χ1n) is 5.69. The maximum Gasteiger partial charge on any atom is 0.261 e. The molecule has 0 amide bonds. The third-order valence-electron chi connectivity index (χ3n) is 2.62. The van der Waals surface area contributed by atoms with Gasteiger partial charge in [-0.15, -0.1) is 0 Å². The average Bonchev–Trinajstić information content (AvgIpc) is 2.47. The molecule has 0 radical (unpaired) electrons. The minimum atomic E-state index is -3.82. The summed E-state index contributed by atoms with van der Waals surface area (Å²) in [4.78, 5) is -0.0259. The number of sulfonamides is 1. The molecule has 7 heteroatoms. The Morgan fingerprint density at radius 2 is 1.81 bits per heavy atom. The Morgan fingerprint density at radius 3 is 2.43 bits per heavy atom. The molecular weight excluding hydrogens is 310 g/mol. The molecule has 2 rings (SSSR count). The molecular formula is C14H8ClN3O2S. The highest BCUT2D eigenvalue weighted by molar-refractivity contribution is 7.92. The summed E-state index contributed by atoms with van der Waals surface area (Å²) in [5.74, 6) is 0. The van der Waals surface area contributed by atoms with Crippen LogP contribution in [0.3, 0.4) is 0 Å². The van der Waals surface area contributed by atoms with Crippen molar-refractivity contribution in [3.63, 3.8) is 0 Å². The van der Waals surface area contributed by atoms with Crippen LogP contribution in [0.5, 0.6) is 0 Å². The van der Waals surface area contributed by atoms with Crippen LogP contribution >= 0.6 is 11.6 Å². The Morgan fingerprint density at radius 1 is 1.05 bits per heavy atom. The zero-order valence-corrected chi connectivity index (χ0v) is 12.1. The maximum absolute atomic E-state index is 12.2. The van der Waals surface area contributed by atoms with Crippen LogP contribution in [0.2, 0.25) is 5.02 Å². The molecule has 0 saturated heterocycles. The fourth-order valence-electron chi connectivity index (χ4n) is 1.62. The minimum absolute atomic E-state index is 0.0259. The summed E-state index contributed by atoms with van der Waals surface area (Å²) < 4.78 is 26.8. The molecule has 0 bridgehead atoms. The first-order chi connectivity index (χ1) is 9.96. The first-order valence-corrected chi connectivity index (χ1v) is 7.55. The van der Waals surface area contributed by atoms with Gasteiger partial charge in [0.2, 0.25) is 0 Å². The van der Waals surface area contributed by atoms with E-state index in [0.717, 1.165) is 0 Å². The molecule has 21 heavy (non-hydrogen) atoms. The lowest BCUT2D eigenvalue weighted by molar-refractivity contribution is 0.601. The molecule has 0 heterocycles. The van der Waals surface area contributed by atoms with Crippen LogP contribution in [0.1, 0.15) is 11.1 Å². The van der Waals surface area contributed by atoms with Gasteiger partial charge in [-0.2, -0.15) is 10.5 Å². The Bertz CT molecular complexity index is 880. The van der Waals surface area contributed by atoms with E-state index >= 15 is 0 Å². The summed E-state index contributed by atoms with van der Waals surface area (Å²) in [7, 11) is -3.82. The van der Waals surface area contributed by atoms with E-state index in [1.165, 1.54) is 42.5 Å². The SMILES string of the molecule is N#Cc1cccc(S(=O)(=O)Nc2ccc(C#N)c(Cl)c2)c1. The fourth-order valence-corrected chi connectivity index (χ4v) is 2.93. The molecule has 0 saturated carbocycles. The summed E-state index contributed by atoms with van der Waals surface area (Å²) in [6.45, 7) is 0. The van der Waals surface area contributed by atoms with Gasteiger partial charge in [0, 0.05) is 0 Å². The third kappa shape index (κ3) is 3.32. The molecule has 0 aromatic heterocycles. The largest absolute Gasteiger partial charge is 0.280 e. The van der Waals surface area contributed by atoms with Gasteiger partial charge in [-0.05, 0) is 36.4 Å². The van der Waals surface area contributed by atoms with Crippen molar-refractivity contribution >= 4 is 27.3 Å². The average molecular weight is 318 g/mol. The van der Waals surface area contributed by atoms with Crippen LogP contribution < -0.4 is 4.72 Å². The smallest absolute Gasteiger partial charge is 0.261 e. The lowest BCUT2D eigenvalue weighted by Crippen LogP contribution is -2.13. The number of rotatable bonds is 3. The highest BCUT2D eigenvalue weighted by Crippen LogP contribution is 2.23. The van der Waals surface area contributed by atoms with Crippen molar-refractivity contribution in [2.45, 2.75) is 4.90 Å². The number of benzene rings is 2. The van der Waals surface area contributed by atoms with Gasteiger partial charge in [0.1, 0.15) is 6.07 Å². The Hall–Kier alpha value is -2.54. The van der Waals surface area contributed by atoms with E-state index < -0.39 is 10.0 Å². The molecule has 0 fully saturated rings. The molecule has 0 atom stereocenters. The predicted molar refractivity (Wildman–Crippen MR) is 78.1 cm³/mol. The van der Waals surface area contributed by atoms with Crippen LogP contribution in [0, 0.1) is 22.7 Å². The number of hydrogen-bond donors (Lipinski definition) is 1. The molecule has 0 aliphatic carbocycles. The quantitative estimate of drug-likeness (QED) is 0.941.